The van der Waals surface area contributed by atoms with E-state index in [0.717, 1.165) is 0 Å². The van der Waals surface area contributed by atoms with Crippen LogP contribution in [-0.4, -0.2) is 52.0 Å². The van der Waals surface area contributed by atoms with Gasteiger partial charge in [0.05, 0.1) is 24.9 Å². The SMILES string of the molecule is COCCNC(=O)C(c1ccccc1F)N(Cc1ccco1)C(=O)Cn1nnc2ccccc21. The van der Waals surface area contributed by atoms with Crippen LogP contribution in [0, 0.1) is 5.82 Å². The molecule has 0 radical (unpaired) electrons. The molecule has 0 saturated carbocycles. The molecule has 34 heavy (non-hydrogen) atoms. The highest BCUT2D eigenvalue weighted by Gasteiger charge is 2.34. The lowest BCUT2D eigenvalue weighted by atomic mass is 10.0. The van der Waals surface area contributed by atoms with E-state index in [1.807, 2.05) is 12.1 Å². The molecule has 176 valence electrons. The van der Waals surface area contributed by atoms with Crippen molar-refractivity contribution < 1.29 is 23.1 Å². The third-order valence-corrected chi connectivity index (χ3v) is 5.30. The number of methoxy groups -OCH3 is 1. The predicted octanol–water partition coefficient (Wildman–Crippen LogP) is 2.70. The third-order valence-electron chi connectivity index (χ3n) is 5.30. The normalized spacial score (nSPS) is 11.9. The molecule has 1 atom stereocenters. The molecule has 9 nitrogen and oxygen atoms in total. The second-order valence-corrected chi connectivity index (χ2v) is 7.54. The molecule has 0 bridgehead atoms. The van der Waals surface area contributed by atoms with Gasteiger partial charge in [-0.25, -0.2) is 9.07 Å². The summed E-state index contributed by atoms with van der Waals surface area (Å²) < 4.78 is 26.8. The van der Waals surface area contributed by atoms with Gasteiger partial charge in [-0.15, -0.1) is 5.10 Å². The lowest BCUT2D eigenvalue weighted by molar-refractivity contribution is -0.142. The molecule has 0 aliphatic rings. The largest absolute Gasteiger partial charge is 0.467 e. The number of nitrogens with one attached hydrogen (secondary N) is 1. The first-order valence-corrected chi connectivity index (χ1v) is 10.7. The van der Waals surface area contributed by atoms with Crippen molar-refractivity contribution in [2.45, 2.75) is 19.1 Å². The molecule has 0 spiro atoms. The highest BCUT2D eigenvalue weighted by molar-refractivity contribution is 5.89. The Labute approximate surface area is 195 Å². The molecular weight excluding hydrogens is 441 g/mol. The summed E-state index contributed by atoms with van der Waals surface area (Å²) in [5.41, 5.74) is 1.37. The Morgan fingerprint density at radius 2 is 1.94 bits per heavy atom. The van der Waals surface area contributed by atoms with Gasteiger partial charge in [0.2, 0.25) is 11.8 Å². The van der Waals surface area contributed by atoms with Crippen LogP contribution in [0.3, 0.4) is 0 Å². The van der Waals surface area contributed by atoms with Crippen LogP contribution in [0.15, 0.2) is 71.3 Å². The van der Waals surface area contributed by atoms with E-state index in [9.17, 15) is 14.0 Å². The summed E-state index contributed by atoms with van der Waals surface area (Å²) in [4.78, 5) is 28.2. The minimum Gasteiger partial charge on any atom is -0.467 e. The molecule has 1 unspecified atom stereocenters. The van der Waals surface area contributed by atoms with Crippen LogP contribution in [0.5, 0.6) is 0 Å². The first kappa shape index (κ1) is 23.1. The van der Waals surface area contributed by atoms with Crippen LogP contribution in [0.25, 0.3) is 11.0 Å². The maximum absolute atomic E-state index is 14.9. The molecule has 4 aromatic rings. The number of aromatic nitrogens is 3. The molecule has 2 aromatic carbocycles. The molecule has 1 N–H and O–H groups in total. The van der Waals surface area contributed by atoms with Crippen molar-refractivity contribution in [2.24, 2.45) is 0 Å². The van der Waals surface area contributed by atoms with Crippen LogP contribution in [0.4, 0.5) is 4.39 Å². The van der Waals surface area contributed by atoms with Gasteiger partial charge in [0.15, 0.2) is 0 Å². The van der Waals surface area contributed by atoms with Crippen LogP contribution in [0.2, 0.25) is 0 Å². The number of halogens is 1. The summed E-state index contributed by atoms with van der Waals surface area (Å²) in [6.45, 7) is 0.232. The van der Waals surface area contributed by atoms with E-state index in [2.05, 4.69) is 15.6 Å². The second kappa shape index (κ2) is 10.7. The summed E-state index contributed by atoms with van der Waals surface area (Å²) in [6, 6.07) is 15.2. The molecule has 0 fully saturated rings. The molecule has 0 aliphatic carbocycles. The van der Waals surface area contributed by atoms with E-state index >= 15 is 0 Å². The fourth-order valence-electron chi connectivity index (χ4n) is 3.67. The first-order valence-electron chi connectivity index (χ1n) is 10.7. The molecule has 10 heteroatoms. The number of rotatable bonds is 10. The van der Waals surface area contributed by atoms with Gasteiger partial charge in [0.25, 0.3) is 0 Å². The summed E-state index contributed by atoms with van der Waals surface area (Å²) in [6.07, 6.45) is 1.47. The summed E-state index contributed by atoms with van der Waals surface area (Å²) in [7, 11) is 1.51. The van der Waals surface area contributed by atoms with Gasteiger partial charge >= 0.3 is 0 Å². The van der Waals surface area contributed by atoms with E-state index in [4.69, 9.17) is 9.15 Å². The van der Waals surface area contributed by atoms with Gasteiger partial charge in [0, 0.05) is 19.2 Å². The van der Waals surface area contributed by atoms with Crippen LogP contribution in [0.1, 0.15) is 17.4 Å². The molecule has 0 aliphatic heterocycles. The van der Waals surface area contributed by atoms with Gasteiger partial charge in [-0.1, -0.05) is 35.5 Å². The molecule has 2 aromatic heterocycles. The van der Waals surface area contributed by atoms with Gasteiger partial charge in [-0.3, -0.25) is 9.59 Å². The predicted molar refractivity (Wildman–Crippen MR) is 121 cm³/mol. The Morgan fingerprint density at radius 1 is 1.15 bits per heavy atom. The number of carbonyl (C=O) groups excluding carboxylic acids is 2. The average Bonchev–Trinajstić information content (AvgIpc) is 3.50. The van der Waals surface area contributed by atoms with Crippen molar-refractivity contribution in [2.75, 3.05) is 20.3 Å². The number of nitrogens with zero attached hydrogens (tertiary/aromatic N) is 4. The van der Waals surface area contributed by atoms with Crippen molar-refractivity contribution in [1.82, 2.24) is 25.2 Å². The standard InChI is InChI=1S/C24H24FN5O4/c1-33-14-12-26-24(32)23(18-8-2-3-9-19(18)25)29(15-17-7-6-13-34-17)22(31)16-30-21-11-5-4-10-20(21)27-28-30/h2-11,13,23H,12,14-16H2,1H3,(H,26,32). The summed E-state index contributed by atoms with van der Waals surface area (Å²) in [5, 5.41) is 10.9. The van der Waals surface area contributed by atoms with Crippen molar-refractivity contribution >= 4 is 22.8 Å². The lowest BCUT2D eigenvalue weighted by Gasteiger charge is -2.31. The van der Waals surface area contributed by atoms with Crippen molar-refractivity contribution in [3.63, 3.8) is 0 Å². The zero-order valence-corrected chi connectivity index (χ0v) is 18.6. The zero-order valence-electron chi connectivity index (χ0n) is 18.6. The van der Waals surface area contributed by atoms with Crippen molar-refractivity contribution in [3.05, 3.63) is 84.1 Å². The Bertz CT molecular complexity index is 1260. The van der Waals surface area contributed by atoms with Crippen molar-refractivity contribution in [3.8, 4) is 0 Å². The van der Waals surface area contributed by atoms with Crippen LogP contribution < -0.4 is 5.32 Å². The number of ether oxygens (including phenoxy) is 1. The number of amides is 2. The van der Waals surface area contributed by atoms with E-state index < -0.39 is 23.7 Å². The number of hydrogen-bond donors (Lipinski definition) is 1. The number of para-hydroxylation sites is 1. The number of hydrogen-bond acceptors (Lipinski definition) is 6. The maximum atomic E-state index is 14.9. The quantitative estimate of drug-likeness (QED) is 0.361. The monoisotopic (exact) mass is 465 g/mol. The highest BCUT2D eigenvalue weighted by atomic mass is 19.1. The molecule has 4 rings (SSSR count). The van der Waals surface area contributed by atoms with Crippen LogP contribution in [-0.2, 0) is 27.4 Å². The number of fused-ring (bicyclic) bond motifs is 1. The van der Waals surface area contributed by atoms with E-state index in [1.54, 1.807) is 30.3 Å². The second-order valence-electron chi connectivity index (χ2n) is 7.54. The molecule has 2 amide bonds. The average molecular weight is 465 g/mol. The number of carbonyl (C=O) groups is 2. The number of benzene rings is 2. The Kier molecular flexibility index (Phi) is 7.28. The van der Waals surface area contributed by atoms with E-state index in [-0.39, 0.29) is 31.8 Å². The molecule has 2 heterocycles. The fraction of sp³-hybridized carbons (Fsp3) is 0.250. The van der Waals surface area contributed by atoms with E-state index in [1.165, 1.54) is 41.2 Å². The van der Waals surface area contributed by atoms with E-state index in [0.29, 0.717) is 16.8 Å². The summed E-state index contributed by atoms with van der Waals surface area (Å²) >= 11 is 0. The Balaban J connectivity index is 1.71. The number of furan rings is 1. The van der Waals surface area contributed by atoms with Gasteiger partial charge < -0.3 is 19.4 Å². The Hall–Kier alpha value is -4.05. The topological polar surface area (TPSA) is 102 Å². The first-order chi connectivity index (χ1) is 16.6. The highest BCUT2D eigenvalue weighted by Crippen LogP contribution is 2.27. The summed E-state index contributed by atoms with van der Waals surface area (Å²) in [5.74, 6) is -1.15. The van der Waals surface area contributed by atoms with Gasteiger partial charge in [-0.05, 0) is 30.3 Å². The third kappa shape index (κ3) is 5.12. The maximum Gasteiger partial charge on any atom is 0.247 e. The minimum absolute atomic E-state index is 0.0465. The van der Waals surface area contributed by atoms with Crippen LogP contribution >= 0.6 is 0 Å². The van der Waals surface area contributed by atoms with Gasteiger partial charge in [0.1, 0.15) is 29.7 Å². The zero-order chi connectivity index (χ0) is 23.9. The minimum atomic E-state index is -1.24. The van der Waals surface area contributed by atoms with Gasteiger partial charge in [-0.2, -0.15) is 0 Å². The molecule has 0 saturated heterocycles. The smallest absolute Gasteiger partial charge is 0.247 e. The molecular formula is C24H24FN5O4. The fourth-order valence-corrected chi connectivity index (χ4v) is 3.67. The Morgan fingerprint density at radius 3 is 2.71 bits per heavy atom. The lowest BCUT2D eigenvalue weighted by Crippen LogP contribution is -2.45. The van der Waals surface area contributed by atoms with Crippen molar-refractivity contribution in [1.29, 1.82) is 0 Å².